The van der Waals surface area contributed by atoms with Crippen molar-refractivity contribution in [3.63, 3.8) is 0 Å². The van der Waals surface area contributed by atoms with Gasteiger partial charge in [-0.3, -0.25) is 4.79 Å². The average Bonchev–Trinajstić information content (AvgIpc) is 2.86. The molecule has 2 aromatic heterocycles. The molecule has 1 N–H and O–H groups in total. The number of amides is 1. The maximum atomic E-state index is 12.2. The number of nitrogens with zero attached hydrogens (tertiary/aromatic N) is 6. The summed E-state index contributed by atoms with van der Waals surface area (Å²) >= 11 is 0. The van der Waals surface area contributed by atoms with Gasteiger partial charge in [-0.2, -0.15) is 5.10 Å². The Kier molecular flexibility index (Phi) is 7.78. The van der Waals surface area contributed by atoms with Crippen LogP contribution in [0.1, 0.15) is 60.9 Å². The van der Waals surface area contributed by atoms with Gasteiger partial charge in [0.05, 0.1) is 18.1 Å². The number of rotatable bonds is 7. The van der Waals surface area contributed by atoms with Crippen LogP contribution in [0.25, 0.3) is 0 Å². The Bertz CT molecular complexity index is 1110. The number of carbonyl (C=O) groups is 1. The van der Waals surface area contributed by atoms with Crippen molar-refractivity contribution in [2.45, 2.75) is 59.9 Å². The molecule has 3 heterocycles. The topological polar surface area (TPSA) is 87.1 Å². The maximum absolute atomic E-state index is 12.2. The van der Waals surface area contributed by atoms with E-state index < -0.39 is 0 Å². The summed E-state index contributed by atoms with van der Waals surface area (Å²) in [5, 5.41) is 12.2. The Labute approximate surface area is 208 Å². The first-order chi connectivity index (χ1) is 16.8. The van der Waals surface area contributed by atoms with Crippen molar-refractivity contribution in [1.29, 1.82) is 0 Å². The van der Waals surface area contributed by atoms with Gasteiger partial charge in [0.2, 0.25) is 0 Å². The summed E-state index contributed by atoms with van der Waals surface area (Å²) in [7, 11) is 0. The summed E-state index contributed by atoms with van der Waals surface area (Å²) in [6.07, 6.45) is 13.1. The zero-order chi connectivity index (χ0) is 24.9. The quantitative estimate of drug-likeness (QED) is 0.652. The minimum absolute atomic E-state index is 0.181. The molecule has 8 heteroatoms. The van der Waals surface area contributed by atoms with Crippen LogP contribution < -0.4 is 15.1 Å². The van der Waals surface area contributed by atoms with E-state index in [1.807, 2.05) is 0 Å². The number of aromatic nitrogens is 4. The second-order valence-electron chi connectivity index (χ2n) is 10.0. The van der Waals surface area contributed by atoms with E-state index in [0.717, 1.165) is 56.2 Å². The molecular weight excluding hydrogens is 438 g/mol. The first kappa shape index (κ1) is 24.8. The van der Waals surface area contributed by atoms with Crippen LogP contribution >= 0.6 is 0 Å². The Morgan fingerprint density at radius 1 is 1.11 bits per heavy atom. The van der Waals surface area contributed by atoms with Crippen molar-refractivity contribution in [3.05, 3.63) is 58.7 Å². The molecule has 1 fully saturated rings. The van der Waals surface area contributed by atoms with Gasteiger partial charge in [0, 0.05) is 38.6 Å². The predicted octanol–water partition coefficient (Wildman–Crippen LogP) is 3.80. The fraction of sp³-hybridized carbons (Fsp3) is 0.519. The molecule has 1 aliphatic carbocycles. The molecule has 186 valence electrons. The third kappa shape index (κ3) is 5.86. The minimum Gasteiger partial charge on any atom is -0.351 e. The number of anilines is 2. The minimum atomic E-state index is -0.181. The van der Waals surface area contributed by atoms with Crippen molar-refractivity contribution in [2.24, 2.45) is 5.92 Å². The van der Waals surface area contributed by atoms with E-state index in [9.17, 15) is 4.79 Å². The molecule has 0 unspecified atom stereocenters. The highest BCUT2D eigenvalue weighted by atomic mass is 16.1. The second kappa shape index (κ2) is 11.0. The standard InChI is InChI=1S/C27H37N7O/c1-18(2)14-30-27(35)24-15-29-25(16-28-24)34-12-11-33(17-19(34)3)26-21(5)20(4)23(31-32-26)13-22-9-7-6-8-10-22/h7,9-10,15-16,18-19H,6,8,11-14,17H2,1-5H3,(H,30,35)/t19-/m1/s1. The SMILES string of the molecule is Cc1c(CC2=CCCC=C2)nnc(N2CCN(c3cnc(C(=O)NCC(C)C)cn3)[C@H](C)C2)c1C. The van der Waals surface area contributed by atoms with Crippen molar-refractivity contribution in [2.75, 3.05) is 36.0 Å². The van der Waals surface area contributed by atoms with E-state index in [1.54, 1.807) is 12.4 Å². The Morgan fingerprint density at radius 3 is 2.60 bits per heavy atom. The number of piperazine rings is 1. The molecule has 2 aliphatic rings. The first-order valence-electron chi connectivity index (χ1n) is 12.6. The lowest BCUT2D eigenvalue weighted by molar-refractivity contribution is 0.0943. The van der Waals surface area contributed by atoms with E-state index in [4.69, 9.17) is 0 Å². The maximum Gasteiger partial charge on any atom is 0.271 e. The Hall–Kier alpha value is -3.29. The zero-order valence-electron chi connectivity index (χ0n) is 21.6. The molecule has 1 atom stereocenters. The second-order valence-corrected chi connectivity index (χ2v) is 10.0. The number of hydrogen-bond donors (Lipinski definition) is 1. The molecule has 2 aromatic rings. The van der Waals surface area contributed by atoms with E-state index in [2.05, 4.69) is 88.1 Å². The summed E-state index contributed by atoms with van der Waals surface area (Å²) in [5.41, 5.74) is 5.16. The number of carbonyl (C=O) groups excluding carboxylic acids is 1. The van der Waals surface area contributed by atoms with Gasteiger partial charge in [-0.1, -0.05) is 32.1 Å². The molecule has 0 aromatic carbocycles. The van der Waals surface area contributed by atoms with Gasteiger partial charge >= 0.3 is 0 Å². The van der Waals surface area contributed by atoms with Crippen LogP contribution in [0.3, 0.4) is 0 Å². The normalized spacial score (nSPS) is 18.1. The summed E-state index contributed by atoms with van der Waals surface area (Å²) in [6, 6.07) is 0.220. The smallest absolute Gasteiger partial charge is 0.271 e. The van der Waals surface area contributed by atoms with E-state index >= 15 is 0 Å². The molecular formula is C27H37N7O. The summed E-state index contributed by atoms with van der Waals surface area (Å²) in [5.74, 6) is 1.97. The molecule has 35 heavy (non-hydrogen) atoms. The van der Waals surface area contributed by atoms with Crippen molar-refractivity contribution in [3.8, 4) is 0 Å². The summed E-state index contributed by atoms with van der Waals surface area (Å²) < 4.78 is 0. The van der Waals surface area contributed by atoms with Gasteiger partial charge in [0.1, 0.15) is 11.5 Å². The Morgan fingerprint density at radius 2 is 1.94 bits per heavy atom. The molecule has 1 amide bonds. The molecule has 0 radical (unpaired) electrons. The average molecular weight is 476 g/mol. The lowest BCUT2D eigenvalue weighted by Crippen LogP contribution is -2.53. The van der Waals surface area contributed by atoms with E-state index in [0.29, 0.717) is 18.2 Å². The fourth-order valence-corrected chi connectivity index (χ4v) is 4.57. The lowest BCUT2D eigenvalue weighted by Gasteiger charge is -2.41. The molecule has 1 aliphatic heterocycles. The van der Waals surface area contributed by atoms with Crippen molar-refractivity contribution in [1.82, 2.24) is 25.5 Å². The van der Waals surface area contributed by atoms with Gasteiger partial charge in [-0.25, -0.2) is 9.97 Å². The summed E-state index contributed by atoms with van der Waals surface area (Å²) in [4.78, 5) is 25.7. The number of allylic oxidation sites excluding steroid dienone is 4. The molecule has 0 spiro atoms. The monoisotopic (exact) mass is 475 g/mol. The van der Waals surface area contributed by atoms with Gasteiger partial charge < -0.3 is 15.1 Å². The highest BCUT2D eigenvalue weighted by molar-refractivity contribution is 5.92. The van der Waals surface area contributed by atoms with Crippen molar-refractivity contribution >= 4 is 17.5 Å². The zero-order valence-corrected chi connectivity index (χ0v) is 21.6. The Balaban J connectivity index is 1.40. The van der Waals surface area contributed by atoms with Crippen LogP contribution in [0.2, 0.25) is 0 Å². The third-order valence-corrected chi connectivity index (χ3v) is 6.80. The number of hydrogen-bond acceptors (Lipinski definition) is 7. The summed E-state index contributed by atoms with van der Waals surface area (Å²) in [6.45, 7) is 13.7. The van der Waals surface area contributed by atoms with E-state index in [-0.39, 0.29) is 11.9 Å². The molecule has 0 saturated carbocycles. The van der Waals surface area contributed by atoms with Crippen LogP contribution in [-0.2, 0) is 6.42 Å². The van der Waals surface area contributed by atoms with Gasteiger partial charge in [0.25, 0.3) is 5.91 Å². The predicted molar refractivity (Wildman–Crippen MR) is 140 cm³/mol. The molecule has 8 nitrogen and oxygen atoms in total. The highest BCUT2D eigenvalue weighted by Gasteiger charge is 2.27. The van der Waals surface area contributed by atoms with Gasteiger partial charge in [-0.05, 0) is 56.2 Å². The molecule has 0 bridgehead atoms. The van der Waals surface area contributed by atoms with Crippen LogP contribution in [0, 0.1) is 19.8 Å². The number of nitrogens with one attached hydrogen (secondary N) is 1. The van der Waals surface area contributed by atoms with Crippen LogP contribution in [0.4, 0.5) is 11.6 Å². The molecule has 1 saturated heterocycles. The van der Waals surface area contributed by atoms with E-state index in [1.165, 1.54) is 16.7 Å². The van der Waals surface area contributed by atoms with Crippen LogP contribution in [0.15, 0.2) is 36.2 Å². The highest BCUT2D eigenvalue weighted by Crippen LogP contribution is 2.27. The largest absolute Gasteiger partial charge is 0.351 e. The molecule has 4 rings (SSSR count). The fourth-order valence-electron chi connectivity index (χ4n) is 4.57. The first-order valence-corrected chi connectivity index (χ1v) is 12.6. The van der Waals surface area contributed by atoms with Crippen LogP contribution in [-0.4, -0.2) is 58.3 Å². The van der Waals surface area contributed by atoms with Gasteiger partial charge in [0.15, 0.2) is 5.82 Å². The van der Waals surface area contributed by atoms with Crippen molar-refractivity contribution < 1.29 is 4.79 Å². The lowest BCUT2D eigenvalue weighted by atomic mass is 9.99. The third-order valence-electron chi connectivity index (χ3n) is 6.80. The van der Waals surface area contributed by atoms with Crippen LogP contribution in [0.5, 0.6) is 0 Å². The van der Waals surface area contributed by atoms with Gasteiger partial charge in [-0.15, -0.1) is 5.10 Å².